The SMILES string of the molecule is CON(C=O)C(C)C1CCCCC1. The van der Waals surface area contributed by atoms with Gasteiger partial charge in [-0.2, -0.15) is 0 Å². The summed E-state index contributed by atoms with van der Waals surface area (Å²) < 4.78 is 0. The van der Waals surface area contributed by atoms with E-state index in [0.29, 0.717) is 5.92 Å². The highest BCUT2D eigenvalue weighted by Crippen LogP contribution is 2.28. The number of rotatable bonds is 4. The lowest BCUT2D eigenvalue weighted by Gasteiger charge is -2.32. The van der Waals surface area contributed by atoms with Gasteiger partial charge in [0, 0.05) is 0 Å². The summed E-state index contributed by atoms with van der Waals surface area (Å²) in [5, 5.41) is 1.43. The van der Waals surface area contributed by atoms with Gasteiger partial charge in [-0.25, -0.2) is 5.06 Å². The minimum Gasteiger partial charge on any atom is -0.276 e. The molecule has 1 amide bonds. The summed E-state index contributed by atoms with van der Waals surface area (Å²) in [5.41, 5.74) is 0. The van der Waals surface area contributed by atoms with E-state index >= 15 is 0 Å². The molecule has 0 aromatic heterocycles. The smallest absolute Gasteiger partial charge is 0.233 e. The molecule has 1 aliphatic carbocycles. The Balaban J connectivity index is 2.43. The number of amides is 1. The maximum atomic E-state index is 10.6. The molecule has 1 atom stereocenters. The van der Waals surface area contributed by atoms with Crippen molar-refractivity contribution in [3.05, 3.63) is 0 Å². The molecular formula is C10H19NO2. The van der Waals surface area contributed by atoms with E-state index in [1.54, 1.807) is 7.11 Å². The lowest BCUT2D eigenvalue weighted by atomic mass is 9.84. The van der Waals surface area contributed by atoms with Crippen LogP contribution < -0.4 is 0 Å². The molecule has 0 spiro atoms. The highest BCUT2D eigenvalue weighted by Gasteiger charge is 2.24. The Hall–Kier alpha value is -0.570. The van der Waals surface area contributed by atoms with Crippen molar-refractivity contribution < 1.29 is 9.63 Å². The zero-order valence-corrected chi connectivity index (χ0v) is 8.53. The Bertz CT molecular complexity index is 155. The third-order valence-electron chi connectivity index (χ3n) is 3.05. The van der Waals surface area contributed by atoms with Gasteiger partial charge >= 0.3 is 0 Å². The average Bonchev–Trinajstić information content (AvgIpc) is 2.21. The summed E-state index contributed by atoms with van der Waals surface area (Å²) in [6, 6.07) is 0.225. The second-order valence-electron chi connectivity index (χ2n) is 3.79. The van der Waals surface area contributed by atoms with Crippen molar-refractivity contribution in [2.75, 3.05) is 7.11 Å². The van der Waals surface area contributed by atoms with Crippen LogP contribution >= 0.6 is 0 Å². The first kappa shape index (κ1) is 10.5. The number of carbonyl (C=O) groups is 1. The molecule has 13 heavy (non-hydrogen) atoms. The molecule has 76 valence electrons. The van der Waals surface area contributed by atoms with Crippen LogP contribution in [0, 0.1) is 5.92 Å². The van der Waals surface area contributed by atoms with Crippen LogP contribution in [0.4, 0.5) is 0 Å². The normalized spacial score (nSPS) is 21.1. The van der Waals surface area contributed by atoms with E-state index in [4.69, 9.17) is 4.84 Å². The lowest BCUT2D eigenvalue weighted by molar-refractivity contribution is -0.178. The Morgan fingerprint density at radius 1 is 1.38 bits per heavy atom. The standard InChI is InChI=1S/C10H19NO2/c1-9(11(8-12)13-2)10-6-4-3-5-7-10/h8-10H,3-7H2,1-2H3. The summed E-state index contributed by atoms with van der Waals surface area (Å²) in [4.78, 5) is 15.6. The third-order valence-corrected chi connectivity index (χ3v) is 3.05. The molecule has 0 heterocycles. The van der Waals surface area contributed by atoms with Gasteiger partial charge in [0.25, 0.3) is 0 Å². The van der Waals surface area contributed by atoms with Crippen LogP contribution in [0.1, 0.15) is 39.0 Å². The lowest BCUT2D eigenvalue weighted by Crippen LogP contribution is -2.37. The maximum Gasteiger partial charge on any atom is 0.233 e. The molecule has 0 aliphatic heterocycles. The zero-order valence-electron chi connectivity index (χ0n) is 8.53. The molecule has 3 heteroatoms. The Kier molecular flexibility index (Phi) is 4.22. The minimum absolute atomic E-state index is 0.225. The van der Waals surface area contributed by atoms with Gasteiger partial charge in [-0.15, -0.1) is 0 Å². The Morgan fingerprint density at radius 2 is 2.00 bits per heavy atom. The van der Waals surface area contributed by atoms with Crippen LogP contribution in [0.3, 0.4) is 0 Å². The fraction of sp³-hybridized carbons (Fsp3) is 0.900. The van der Waals surface area contributed by atoms with E-state index in [-0.39, 0.29) is 6.04 Å². The number of carbonyl (C=O) groups excluding carboxylic acids is 1. The van der Waals surface area contributed by atoms with E-state index in [1.807, 2.05) is 0 Å². The number of hydrogen-bond donors (Lipinski definition) is 0. The number of nitrogens with zero attached hydrogens (tertiary/aromatic N) is 1. The van der Waals surface area contributed by atoms with Crippen LogP contribution in [0.15, 0.2) is 0 Å². The molecule has 0 saturated heterocycles. The third kappa shape index (κ3) is 2.69. The molecule has 1 fully saturated rings. The Morgan fingerprint density at radius 3 is 2.46 bits per heavy atom. The predicted octanol–water partition coefficient (Wildman–Crippen LogP) is 1.97. The van der Waals surface area contributed by atoms with Gasteiger partial charge in [-0.05, 0) is 25.7 Å². The molecule has 1 saturated carbocycles. The highest BCUT2D eigenvalue weighted by molar-refractivity contribution is 5.45. The molecule has 1 rings (SSSR count). The molecule has 0 radical (unpaired) electrons. The summed E-state index contributed by atoms with van der Waals surface area (Å²) in [5.74, 6) is 0.624. The summed E-state index contributed by atoms with van der Waals surface area (Å²) in [7, 11) is 1.55. The van der Waals surface area contributed by atoms with Gasteiger partial charge in [0.2, 0.25) is 6.41 Å². The first-order valence-corrected chi connectivity index (χ1v) is 5.07. The maximum absolute atomic E-state index is 10.6. The molecule has 0 bridgehead atoms. The zero-order chi connectivity index (χ0) is 9.68. The van der Waals surface area contributed by atoms with Crippen molar-refractivity contribution in [2.24, 2.45) is 5.92 Å². The van der Waals surface area contributed by atoms with Crippen molar-refractivity contribution in [3.8, 4) is 0 Å². The number of hydroxylamine groups is 2. The van der Waals surface area contributed by atoms with Gasteiger partial charge in [-0.1, -0.05) is 19.3 Å². The molecule has 1 aliphatic rings. The second kappa shape index (κ2) is 5.22. The van der Waals surface area contributed by atoms with E-state index in [1.165, 1.54) is 37.2 Å². The highest BCUT2D eigenvalue weighted by atomic mass is 16.7. The van der Waals surface area contributed by atoms with Crippen LogP contribution in [0.2, 0.25) is 0 Å². The van der Waals surface area contributed by atoms with Gasteiger partial charge in [0.05, 0.1) is 13.2 Å². The van der Waals surface area contributed by atoms with Crippen LogP contribution in [0.5, 0.6) is 0 Å². The van der Waals surface area contributed by atoms with Crippen molar-refractivity contribution in [1.29, 1.82) is 0 Å². The van der Waals surface area contributed by atoms with E-state index < -0.39 is 0 Å². The van der Waals surface area contributed by atoms with E-state index in [0.717, 1.165) is 6.41 Å². The molecule has 0 aromatic carbocycles. The predicted molar refractivity (Wildman–Crippen MR) is 50.9 cm³/mol. The van der Waals surface area contributed by atoms with Gasteiger partial charge < -0.3 is 0 Å². The van der Waals surface area contributed by atoms with Gasteiger partial charge in [-0.3, -0.25) is 9.63 Å². The van der Waals surface area contributed by atoms with Crippen molar-refractivity contribution in [2.45, 2.75) is 45.1 Å². The first-order valence-electron chi connectivity index (χ1n) is 5.07. The molecule has 3 nitrogen and oxygen atoms in total. The minimum atomic E-state index is 0.225. The largest absolute Gasteiger partial charge is 0.276 e. The summed E-state index contributed by atoms with van der Waals surface area (Å²) in [6.45, 7) is 2.06. The molecule has 1 unspecified atom stereocenters. The second-order valence-corrected chi connectivity index (χ2v) is 3.79. The average molecular weight is 185 g/mol. The molecular weight excluding hydrogens is 166 g/mol. The van der Waals surface area contributed by atoms with Crippen molar-refractivity contribution in [3.63, 3.8) is 0 Å². The van der Waals surface area contributed by atoms with Crippen LogP contribution in [-0.2, 0) is 9.63 Å². The summed E-state index contributed by atoms with van der Waals surface area (Å²) >= 11 is 0. The topological polar surface area (TPSA) is 29.5 Å². The monoisotopic (exact) mass is 185 g/mol. The van der Waals surface area contributed by atoms with E-state index in [9.17, 15) is 4.79 Å². The van der Waals surface area contributed by atoms with E-state index in [2.05, 4.69) is 6.92 Å². The van der Waals surface area contributed by atoms with Gasteiger partial charge in [0.1, 0.15) is 0 Å². The summed E-state index contributed by atoms with van der Waals surface area (Å²) in [6.07, 6.45) is 7.18. The van der Waals surface area contributed by atoms with Crippen LogP contribution in [-0.4, -0.2) is 24.6 Å². The molecule has 0 aromatic rings. The quantitative estimate of drug-likeness (QED) is 0.495. The first-order chi connectivity index (χ1) is 6.29. The fourth-order valence-electron chi connectivity index (χ4n) is 2.13. The molecule has 0 N–H and O–H groups in total. The van der Waals surface area contributed by atoms with Crippen molar-refractivity contribution >= 4 is 6.41 Å². The van der Waals surface area contributed by atoms with Gasteiger partial charge in [0.15, 0.2) is 0 Å². The fourth-order valence-corrected chi connectivity index (χ4v) is 2.13. The van der Waals surface area contributed by atoms with Crippen LogP contribution in [0.25, 0.3) is 0 Å². The number of hydrogen-bond acceptors (Lipinski definition) is 2. The Labute approximate surface area is 80.0 Å². The van der Waals surface area contributed by atoms with Crippen molar-refractivity contribution in [1.82, 2.24) is 5.06 Å².